The molecular formula is C54H91NO7. The molecule has 0 spiro atoms. The van der Waals surface area contributed by atoms with Crippen molar-refractivity contribution in [2.75, 3.05) is 13.2 Å². The third kappa shape index (κ3) is 23.5. The maximum absolute atomic E-state index is 12.9. The number of unbranched alkanes of at least 4 members (excludes halogenated alkanes) is 8. The largest absolute Gasteiger partial charge is 0.487 e. The lowest BCUT2D eigenvalue weighted by Crippen LogP contribution is -2.37. The lowest BCUT2D eigenvalue weighted by Gasteiger charge is -2.38. The summed E-state index contributed by atoms with van der Waals surface area (Å²) in [5, 5.41) is 13.0. The van der Waals surface area contributed by atoms with E-state index in [1.807, 2.05) is 20.8 Å². The average molecular weight is 866 g/mol. The van der Waals surface area contributed by atoms with Crippen LogP contribution < -0.4 is 14.8 Å². The number of amides is 1. The molecule has 2 rings (SSSR count). The van der Waals surface area contributed by atoms with Gasteiger partial charge in [0.05, 0.1) is 12.8 Å². The smallest absolute Gasteiger partial charge is 0.311 e. The highest BCUT2D eigenvalue weighted by Crippen LogP contribution is 2.45. The van der Waals surface area contributed by atoms with Gasteiger partial charge < -0.3 is 24.6 Å². The van der Waals surface area contributed by atoms with Gasteiger partial charge in [0.15, 0.2) is 0 Å². The summed E-state index contributed by atoms with van der Waals surface area (Å²) in [7, 11) is 0. The van der Waals surface area contributed by atoms with E-state index in [0.29, 0.717) is 12.2 Å². The molecular weight excluding hydrogens is 775 g/mol. The highest BCUT2D eigenvalue weighted by molar-refractivity contribution is 5.80. The van der Waals surface area contributed by atoms with Crippen LogP contribution in [0.25, 0.3) is 0 Å². The average Bonchev–Trinajstić information content (AvgIpc) is 3.23. The molecule has 1 aliphatic heterocycles. The van der Waals surface area contributed by atoms with Crippen LogP contribution in [0, 0.1) is 38.5 Å². The van der Waals surface area contributed by atoms with Crippen molar-refractivity contribution in [3.63, 3.8) is 0 Å². The van der Waals surface area contributed by atoms with Crippen LogP contribution in [0.2, 0.25) is 0 Å². The van der Waals surface area contributed by atoms with Gasteiger partial charge in [-0.05, 0) is 126 Å². The molecule has 1 aromatic carbocycles. The number of ether oxygens (including phenoxy) is 3. The highest BCUT2D eigenvalue weighted by Gasteiger charge is 2.35. The fraction of sp³-hybridized carbons (Fsp3) is 0.759. The molecule has 4 unspecified atom stereocenters. The van der Waals surface area contributed by atoms with E-state index < -0.39 is 18.0 Å². The molecule has 8 nitrogen and oxygen atoms in total. The standard InChI is InChI=1S/C54H91NO7/c1-10-11-12-13-14-15-16-17-18-19-20-21-22-23-24-33-49(57)55-39-47(56)40-60-50(58)34-35-51(59)61-52-44(6)45(7)53-48(46(52)8)36-38-54(9,62-53)37-27-32-43(5)31-26-30-42(4)29-25-28-41(2)3/h14-15,17-18,41-43,47,56H,10-13,16,19-40H2,1-9H3,(H,55,57)/b15-14-,18-17-. The highest BCUT2D eigenvalue weighted by atomic mass is 16.5. The molecule has 1 aromatic rings. The minimum Gasteiger partial charge on any atom is -0.487 e. The number of nitrogens with one attached hydrogen (secondary N) is 1. The fourth-order valence-electron chi connectivity index (χ4n) is 8.52. The Morgan fingerprint density at radius 2 is 1.32 bits per heavy atom. The SMILES string of the molecule is CCCCC/C=C\C/C=C\CCCCCCCC(=O)NCC(O)COC(=O)CCC(=O)Oc1c(C)c(C)c2c(c1C)CCC(C)(CCCC(C)CCCC(C)CCCC(C)C)O2. The minimum absolute atomic E-state index is 0.00507. The second kappa shape index (κ2) is 31.7. The summed E-state index contributed by atoms with van der Waals surface area (Å²) < 4.78 is 17.9. The maximum Gasteiger partial charge on any atom is 0.311 e. The number of rotatable bonds is 34. The molecule has 0 aliphatic carbocycles. The van der Waals surface area contributed by atoms with Gasteiger partial charge >= 0.3 is 11.9 Å². The summed E-state index contributed by atoms with van der Waals surface area (Å²) in [4.78, 5) is 37.6. The Hall–Kier alpha value is -3.13. The van der Waals surface area contributed by atoms with Crippen molar-refractivity contribution in [3.05, 3.63) is 46.6 Å². The predicted molar refractivity (Wildman–Crippen MR) is 257 cm³/mol. The Bertz CT molecular complexity index is 1500. The lowest BCUT2D eigenvalue weighted by molar-refractivity contribution is -0.149. The molecule has 0 aromatic heterocycles. The number of carbonyl (C=O) groups is 3. The van der Waals surface area contributed by atoms with Gasteiger partial charge in [-0.25, -0.2) is 0 Å². The molecule has 0 bridgehead atoms. The van der Waals surface area contributed by atoms with Crippen LogP contribution in [0.5, 0.6) is 11.5 Å². The molecule has 62 heavy (non-hydrogen) atoms. The first-order valence-corrected chi connectivity index (χ1v) is 25.1. The van der Waals surface area contributed by atoms with Crippen LogP contribution in [0.1, 0.15) is 218 Å². The van der Waals surface area contributed by atoms with Gasteiger partial charge in [0.25, 0.3) is 0 Å². The summed E-state index contributed by atoms with van der Waals surface area (Å²) in [5.41, 5.74) is 3.64. The first-order valence-electron chi connectivity index (χ1n) is 25.1. The van der Waals surface area contributed by atoms with Crippen LogP contribution in [0.3, 0.4) is 0 Å². The van der Waals surface area contributed by atoms with E-state index >= 15 is 0 Å². The molecule has 1 aliphatic rings. The van der Waals surface area contributed by atoms with Crippen LogP contribution in [-0.2, 0) is 25.5 Å². The van der Waals surface area contributed by atoms with Gasteiger partial charge in [-0.2, -0.15) is 0 Å². The van der Waals surface area contributed by atoms with Crippen LogP contribution in [0.4, 0.5) is 0 Å². The van der Waals surface area contributed by atoms with E-state index in [4.69, 9.17) is 14.2 Å². The van der Waals surface area contributed by atoms with E-state index in [1.165, 1.54) is 70.6 Å². The summed E-state index contributed by atoms with van der Waals surface area (Å²) in [6.45, 7) is 19.7. The summed E-state index contributed by atoms with van der Waals surface area (Å²) in [6, 6.07) is 0. The van der Waals surface area contributed by atoms with Crippen molar-refractivity contribution in [1.82, 2.24) is 5.32 Å². The second-order valence-electron chi connectivity index (χ2n) is 19.5. The number of aliphatic hydroxyl groups is 1. The molecule has 0 radical (unpaired) electrons. The summed E-state index contributed by atoms with van der Waals surface area (Å²) in [6.07, 6.45) is 33.7. The Kier molecular flexibility index (Phi) is 28.1. The quantitative estimate of drug-likeness (QED) is 0.0307. The van der Waals surface area contributed by atoms with Gasteiger partial charge in [-0.3, -0.25) is 14.4 Å². The molecule has 354 valence electrons. The molecule has 0 fully saturated rings. The van der Waals surface area contributed by atoms with Crippen molar-refractivity contribution in [2.45, 2.75) is 235 Å². The molecule has 0 saturated heterocycles. The van der Waals surface area contributed by atoms with Crippen molar-refractivity contribution < 1.29 is 33.7 Å². The Labute approximate surface area is 379 Å². The van der Waals surface area contributed by atoms with Crippen molar-refractivity contribution in [2.24, 2.45) is 17.8 Å². The maximum atomic E-state index is 12.9. The number of esters is 2. The minimum atomic E-state index is -1.02. The van der Waals surface area contributed by atoms with Gasteiger partial charge in [-0.15, -0.1) is 0 Å². The van der Waals surface area contributed by atoms with Crippen LogP contribution >= 0.6 is 0 Å². The van der Waals surface area contributed by atoms with Gasteiger partial charge in [0, 0.05) is 18.5 Å². The molecule has 2 N–H and O–H groups in total. The number of benzene rings is 1. The topological polar surface area (TPSA) is 111 Å². The number of fused-ring (bicyclic) bond motifs is 1. The number of hydrogen-bond acceptors (Lipinski definition) is 7. The molecule has 4 atom stereocenters. The zero-order valence-electron chi connectivity index (χ0n) is 41.1. The second-order valence-corrected chi connectivity index (χ2v) is 19.5. The van der Waals surface area contributed by atoms with Gasteiger partial charge in [-0.1, -0.05) is 136 Å². The van der Waals surface area contributed by atoms with Gasteiger partial charge in [0.2, 0.25) is 5.91 Å². The van der Waals surface area contributed by atoms with E-state index in [2.05, 4.69) is 71.2 Å². The molecule has 1 heterocycles. The zero-order chi connectivity index (χ0) is 45.8. The van der Waals surface area contributed by atoms with Crippen molar-refractivity contribution in [1.29, 1.82) is 0 Å². The lowest BCUT2D eigenvalue weighted by atomic mass is 9.83. The predicted octanol–water partition coefficient (Wildman–Crippen LogP) is 13.7. The van der Waals surface area contributed by atoms with E-state index in [0.717, 1.165) is 116 Å². The van der Waals surface area contributed by atoms with Crippen molar-refractivity contribution >= 4 is 17.8 Å². The van der Waals surface area contributed by atoms with E-state index in [-0.39, 0.29) is 37.5 Å². The van der Waals surface area contributed by atoms with E-state index in [1.54, 1.807) is 0 Å². The monoisotopic (exact) mass is 866 g/mol. The number of hydrogen-bond donors (Lipinski definition) is 2. The third-order valence-electron chi connectivity index (χ3n) is 12.9. The van der Waals surface area contributed by atoms with Crippen LogP contribution in [0.15, 0.2) is 24.3 Å². The van der Waals surface area contributed by atoms with Crippen LogP contribution in [-0.4, -0.2) is 47.8 Å². The molecule has 1 amide bonds. The van der Waals surface area contributed by atoms with Gasteiger partial charge in [0.1, 0.15) is 29.8 Å². The van der Waals surface area contributed by atoms with E-state index in [9.17, 15) is 19.5 Å². The summed E-state index contributed by atoms with van der Waals surface area (Å²) in [5.74, 6) is 2.60. The van der Waals surface area contributed by atoms with Crippen molar-refractivity contribution in [3.8, 4) is 11.5 Å². The Balaban J connectivity index is 1.63. The number of aliphatic hydroxyl groups excluding tert-OH is 1. The number of allylic oxidation sites excluding steroid dienone is 4. The molecule has 0 saturated carbocycles. The fourth-order valence-corrected chi connectivity index (χ4v) is 8.52. The normalized spacial score (nSPS) is 16.6. The first-order chi connectivity index (χ1) is 29.7. The zero-order valence-corrected chi connectivity index (χ0v) is 41.1. The third-order valence-corrected chi connectivity index (χ3v) is 12.9. The Morgan fingerprint density at radius 1 is 0.726 bits per heavy atom. The Morgan fingerprint density at radius 3 is 1.98 bits per heavy atom. The first kappa shape index (κ1) is 55.0. The summed E-state index contributed by atoms with van der Waals surface area (Å²) >= 11 is 0. The molecule has 8 heteroatoms. The number of carbonyl (C=O) groups excluding carboxylic acids is 3.